The van der Waals surface area contributed by atoms with Crippen LogP contribution in [-0.4, -0.2) is 24.5 Å². The molecule has 2 aliphatic carbocycles. The van der Waals surface area contributed by atoms with Gasteiger partial charge in [-0.05, 0) is 55.7 Å². The molecule has 2 aliphatic rings. The molecule has 3 heterocycles. The maximum atomic E-state index is 13.5. The fourth-order valence-corrected chi connectivity index (χ4v) is 4.64. The molecule has 0 saturated heterocycles. The lowest BCUT2D eigenvalue weighted by atomic mass is 9.84. The molecular formula is C24H26F3N5O. The first-order chi connectivity index (χ1) is 15.9. The third-order valence-corrected chi connectivity index (χ3v) is 6.61. The van der Waals surface area contributed by atoms with Crippen molar-refractivity contribution in [3.8, 4) is 11.3 Å². The van der Waals surface area contributed by atoms with Gasteiger partial charge in [0, 0.05) is 30.1 Å². The van der Waals surface area contributed by atoms with Crippen molar-refractivity contribution in [1.82, 2.24) is 24.5 Å². The Morgan fingerprint density at radius 2 is 1.88 bits per heavy atom. The number of nitrogens with zero attached hydrogens (tertiary/aromatic N) is 5. The minimum absolute atomic E-state index is 0.0894. The van der Waals surface area contributed by atoms with E-state index in [1.165, 1.54) is 25.1 Å². The smallest absolute Gasteiger partial charge is 0.272 e. The van der Waals surface area contributed by atoms with E-state index < -0.39 is 11.7 Å². The van der Waals surface area contributed by atoms with Crippen LogP contribution in [0.15, 0.2) is 41.6 Å². The standard InChI is InChI=1S/C24H26F3N5O/c25-24(26,27)20-7-4-10-28-22(20)15-32-23(33)19(17-5-2-1-3-6-17)11-21(30-32)18-12-29-31(14-18)13-16-8-9-16/h4,7,10-12,14,16-17H,1-3,5-6,8-9,13,15H2. The van der Waals surface area contributed by atoms with Crippen LogP contribution in [0.25, 0.3) is 11.3 Å². The van der Waals surface area contributed by atoms with Gasteiger partial charge < -0.3 is 0 Å². The van der Waals surface area contributed by atoms with Gasteiger partial charge in [-0.3, -0.25) is 14.5 Å². The van der Waals surface area contributed by atoms with Gasteiger partial charge in [0.25, 0.3) is 5.56 Å². The van der Waals surface area contributed by atoms with Crippen LogP contribution in [0, 0.1) is 5.92 Å². The van der Waals surface area contributed by atoms with Crippen LogP contribution in [-0.2, 0) is 19.3 Å². The van der Waals surface area contributed by atoms with Gasteiger partial charge in [-0.2, -0.15) is 23.4 Å². The fraction of sp³-hybridized carbons (Fsp3) is 0.500. The van der Waals surface area contributed by atoms with Crippen LogP contribution in [0.5, 0.6) is 0 Å². The molecule has 5 rings (SSSR count). The van der Waals surface area contributed by atoms with Crippen molar-refractivity contribution >= 4 is 0 Å². The van der Waals surface area contributed by atoms with Crippen LogP contribution < -0.4 is 5.56 Å². The molecule has 0 amide bonds. The predicted octanol–water partition coefficient (Wildman–Crippen LogP) is 5.03. The number of aromatic nitrogens is 5. The first kappa shape index (κ1) is 21.9. The first-order valence-corrected chi connectivity index (χ1v) is 11.5. The summed E-state index contributed by atoms with van der Waals surface area (Å²) in [5, 5.41) is 8.89. The largest absolute Gasteiger partial charge is 0.418 e. The van der Waals surface area contributed by atoms with Gasteiger partial charge in [-0.25, -0.2) is 4.68 Å². The van der Waals surface area contributed by atoms with Crippen molar-refractivity contribution in [2.24, 2.45) is 5.92 Å². The molecule has 3 aromatic heterocycles. The monoisotopic (exact) mass is 457 g/mol. The Kier molecular flexibility index (Phi) is 5.80. The van der Waals surface area contributed by atoms with Crippen molar-refractivity contribution in [3.05, 3.63) is 64.0 Å². The number of hydrogen-bond acceptors (Lipinski definition) is 4. The summed E-state index contributed by atoms with van der Waals surface area (Å²) >= 11 is 0. The van der Waals surface area contributed by atoms with E-state index in [2.05, 4.69) is 15.2 Å². The summed E-state index contributed by atoms with van der Waals surface area (Å²) in [6.45, 7) is 0.510. The molecule has 3 aromatic rings. The Morgan fingerprint density at radius 3 is 2.61 bits per heavy atom. The van der Waals surface area contributed by atoms with Crippen LogP contribution in [0.1, 0.15) is 67.7 Å². The Labute approximate surface area is 189 Å². The highest BCUT2D eigenvalue weighted by molar-refractivity contribution is 5.57. The second kappa shape index (κ2) is 8.76. The number of halogens is 3. The molecule has 0 spiro atoms. The zero-order valence-corrected chi connectivity index (χ0v) is 18.3. The molecule has 0 N–H and O–H groups in total. The number of rotatable bonds is 6. The van der Waals surface area contributed by atoms with E-state index in [1.54, 1.807) is 6.20 Å². The number of pyridine rings is 1. The third kappa shape index (κ3) is 4.86. The SMILES string of the molecule is O=c1c(C2CCCCC2)cc(-c2cnn(CC3CC3)c2)nn1Cc1ncccc1C(F)(F)F. The second-order valence-electron chi connectivity index (χ2n) is 9.17. The van der Waals surface area contributed by atoms with Gasteiger partial charge in [0.1, 0.15) is 0 Å². The lowest BCUT2D eigenvalue weighted by Gasteiger charge is -2.22. The molecule has 0 unspecified atom stereocenters. The highest BCUT2D eigenvalue weighted by atomic mass is 19.4. The summed E-state index contributed by atoms with van der Waals surface area (Å²) in [5.74, 6) is 0.744. The van der Waals surface area contributed by atoms with Gasteiger partial charge in [0.15, 0.2) is 0 Å². The van der Waals surface area contributed by atoms with E-state index in [0.717, 1.165) is 55.0 Å². The quantitative estimate of drug-likeness (QED) is 0.521. The molecule has 33 heavy (non-hydrogen) atoms. The lowest BCUT2D eigenvalue weighted by molar-refractivity contribution is -0.138. The molecule has 0 bridgehead atoms. The van der Waals surface area contributed by atoms with Gasteiger partial charge in [0.05, 0.1) is 29.7 Å². The van der Waals surface area contributed by atoms with E-state index in [0.29, 0.717) is 17.2 Å². The van der Waals surface area contributed by atoms with Gasteiger partial charge in [-0.15, -0.1) is 0 Å². The highest BCUT2D eigenvalue weighted by Crippen LogP contribution is 2.34. The summed E-state index contributed by atoms with van der Waals surface area (Å²) in [4.78, 5) is 17.3. The van der Waals surface area contributed by atoms with Crippen molar-refractivity contribution in [2.45, 2.75) is 70.1 Å². The molecule has 174 valence electrons. The molecule has 6 nitrogen and oxygen atoms in total. The second-order valence-corrected chi connectivity index (χ2v) is 9.17. The van der Waals surface area contributed by atoms with Gasteiger partial charge in [0.2, 0.25) is 0 Å². The highest BCUT2D eigenvalue weighted by Gasteiger charge is 2.34. The maximum Gasteiger partial charge on any atom is 0.418 e. The van der Waals surface area contributed by atoms with E-state index in [-0.39, 0.29) is 23.7 Å². The average Bonchev–Trinajstić information content (AvgIpc) is 3.49. The Balaban J connectivity index is 1.56. The number of hydrogen-bond donors (Lipinski definition) is 0. The topological polar surface area (TPSA) is 65.6 Å². The van der Waals surface area contributed by atoms with Crippen molar-refractivity contribution in [2.75, 3.05) is 0 Å². The van der Waals surface area contributed by atoms with Crippen LogP contribution in [0.3, 0.4) is 0 Å². The maximum absolute atomic E-state index is 13.5. The molecule has 0 atom stereocenters. The van der Waals surface area contributed by atoms with E-state index >= 15 is 0 Å². The number of alkyl halides is 3. The minimum Gasteiger partial charge on any atom is -0.272 e. The molecule has 0 radical (unpaired) electrons. The summed E-state index contributed by atoms with van der Waals surface area (Å²) in [6.07, 6.45) is 7.80. The van der Waals surface area contributed by atoms with E-state index in [4.69, 9.17) is 0 Å². The summed E-state index contributed by atoms with van der Waals surface area (Å²) in [7, 11) is 0. The predicted molar refractivity (Wildman–Crippen MR) is 117 cm³/mol. The van der Waals surface area contributed by atoms with Crippen LogP contribution >= 0.6 is 0 Å². The minimum atomic E-state index is -4.55. The summed E-state index contributed by atoms with van der Waals surface area (Å²) < 4.78 is 43.6. The Morgan fingerprint density at radius 1 is 1.09 bits per heavy atom. The molecule has 0 aromatic carbocycles. The average molecular weight is 458 g/mol. The zero-order chi connectivity index (χ0) is 23.0. The third-order valence-electron chi connectivity index (χ3n) is 6.61. The zero-order valence-electron chi connectivity index (χ0n) is 18.3. The van der Waals surface area contributed by atoms with Crippen molar-refractivity contribution in [1.29, 1.82) is 0 Å². The van der Waals surface area contributed by atoms with Crippen molar-refractivity contribution in [3.63, 3.8) is 0 Å². The summed E-state index contributed by atoms with van der Waals surface area (Å²) in [5.41, 5.74) is 0.547. The molecule has 2 fully saturated rings. The molecule has 9 heteroatoms. The van der Waals surface area contributed by atoms with E-state index in [9.17, 15) is 18.0 Å². The Bertz CT molecular complexity index is 1190. The van der Waals surface area contributed by atoms with Gasteiger partial charge >= 0.3 is 6.18 Å². The summed E-state index contributed by atoms with van der Waals surface area (Å²) in [6, 6.07) is 4.05. The van der Waals surface area contributed by atoms with Crippen LogP contribution in [0.4, 0.5) is 13.2 Å². The normalized spacial score (nSPS) is 17.4. The first-order valence-electron chi connectivity index (χ1n) is 11.5. The van der Waals surface area contributed by atoms with E-state index in [1.807, 2.05) is 16.9 Å². The Hall–Kier alpha value is -2.97. The van der Waals surface area contributed by atoms with Gasteiger partial charge in [-0.1, -0.05) is 19.3 Å². The molecular weight excluding hydrogens is 431 g/mol. The van der Waals surface area contributed by atoms with Crippen LogP contribution in [0.2, 0.25) is 0 Å². The fourth-order valence-electron chi connectivity index (χ4n) is 4.64. The van der Waals surface area contributed by atoms with Crippen molar-refractivity contribution < 1.29 is 13.2 Å². The molecule has 2 saturated carbocycles. The molecule has 0 aliphatic heterocycles. The lowest BCUT2D eigenvalue weighted by Crippen LogP contribution is -2.30.